The molecule has 10 heteroatoms. The molecule has 178 valence electrons. The molecule has 1 saturated heterocycles. The van der Waals surface area contributed by atoms with Crippen LogP contribution < -0.4 is 4.74 Å². The second-order valence-corrected chi connectivity index (χ2v) is 7.31. The quantitative estimate of drug-likeness (QED) is 0.334. The molecule has 1 heterocycles. The van der Waals surface area contributed by atoms with E-state index in [0.29, 0.717) is 16.9 Å². The molecule has 10 nitrogen and oxygen atoms in total. The van der Waals surface area contributed by atoms with Crippen LogP contribution in [0.4, 0.5) is 0 Å². The van der Waals surface area contributed by atoms with Gasteiger partial charge in [0.05, 0.1) is 0 Å². The number of hydrogen-bond donors (Lipinski definition) is 0. The lowest BCUT2D eigenvalue weighted by molar-refractivity contribution is -0.288. The van der Waals surface area contributed by atoms with Crippen LogP contribution in [0.15, 0.2) is 18.2 Å². The summed E-state index contributed by atoms with van der Waals surface area (Å²) < 4.78 is 32.9. The molecule has 0 bridgehead atoms. The van der Waals surface area contributed by atoms with Gasteiger partial charge < -0.3 is 28.4 Å². The Kier molecular flexibility index (Phi) is 8.82. The fraction of sp³-hybridized carbons (Fsp3) is 0.478. The number of rotatable bonds is 7. The molecule has 0 radical (unpaired) electrons. The molecule has 1 aliphatic rings. The van der Waals surface area contributed by atoms with Gasteiger partial charge in [-0.3, -0.25) is 19.2 Å². The maximum Gasteiger partial charge on any atom is 0.303 e. The van der Waals surface area contributed by atoms with Crippen LogP contribution in [-0.4, -0.2) is 61.2 Å². The Hall–Kier alpha value is -3.58. The van der Waals surface area contributed by atoms with E-state index in [9.17, 15) is 19.2 Å². The molecule has 5 atom stereocenters. The molecule has 0 saturated carbocycles. The van der Waals surface area contributed by atoms with Crippen molar-refractivity contribution in [3.63, 3.8) is 0 Å². The van der Waals surface area contributed by atoms with Crippen molar-refractivity contribution in [1.29, 1.82) is 0 Å². The van der Waals surface area contributed by atoms with Gasteiger partial charge in [-0.05, 0) is 30.7 Å². The first-order valence-corrected chi connectivity index (χ1v) is 10.1. The number of hydrogen-bond acceptors (Lipinski definition) is 10. The highest BCUT2D eigenvalue weighted by Crippen LogP contribution is 2.32. The lowest BCUT2D eigenvalue weighted by Gasteiger charge is -2.44. The van der Waals surface area contributed by atoms with E-state index in [4.69, 9.17) is 34.8 Å². The van der Waals surface area contributed by atoms with Crippen LogP contribution in [0, 0.1) is 19.3 Å². The summed E-state index contributed by atoms with van der Waals surface area (Å²) in [4.78, 5) is 46.8. The Bertz CT molecular complexity index is 947. The monoisotopic (exact) mass is 462 g/mol. The van der Waals surface area contributed by atoms with Crippen molar-refractivity contribution in [3.05, 3.63) is 29.3 Å². The van der Waals surface area contributed by atoms with Crippen LogP contribution in [0.3, 0.4) is 0 Å². The van der Waals surface area contributed by atoms with Gasteiger partial charge in [-0.2, -0.15) is 0 Å². The molecule has 0 spiro atoms. The standard InChI is InChI=1S/C23H26O10/c1-7-17-8-9-18(12(2)10-17)32-23-22(31-16(6)27)21(30-15(5)26)20(29-14(4)25)19(33-23)11-28-13(3)24/h1,8-10,19-23H,11H2,2-6H3. The average molecular weight is 462 g/mol. The lowest BCUT2D eigenvalue weighted by Crippen LogP contribution is -2.63. The van der Waals surface area contributed by atoms with E-state index >= 15 is 0 Å². The molecule has 0 N–H and O–H groups in total. The molecule has 1 aliphatic heterocycles. The summed E-state index contributed by atoms with van der Waals surface area (Å²) in [6.07, 6.45) is -0.842. The van der Waals surface area contributed by atoms with Gasteiger partial charge in [0.25, 0.3) is 0 Å². The minimum Gasteiger partial charge on any atom is -0.463 e. The molecule has 0 amide bonds. The van der Waals surface area contributed by atoms with Crippen molar-refractivity contribution in [2.45, 2.75) is 65.3 Å². The third-order valence-electron chi connectivity index (χ3n) is 4.53. The first kappa shape index (κ1) is 25.7. The van der Waals surface area contributed by atoms with Crippen molar-refractivity contribution < 1.29 is 47.6 Å². The first-order valence-electron chi connectivity index (χ1n) is 10.1. The number of ether oxygens (including phenoxy) is 6. The highest BCUT2D eigenvalue weighted by atomic mass is 16.7. The highest BCUT2D eigenvalue weighted by molar-refractivity contribution is 5.68. The summed E-state index contributed by atoms with van der Waals surface area (Å²) in [5.41, 5.74) is 1.29. The van der Waals surface area contributed by atoms with Crippen LogP contribution in [0.1, 0.15) is 38.8 Å². The van der Waals surface area contributed by atoms with E-state index in [2.05, 4.69) is 5.92 Å². The van der Waals surface area contributed by atoms with Gasteiger partial charge in [0.15, 0.2) is 12.2 Å². The zero-order chi connectivity index (χ0) is 24.7. The number of aryl methyl sites for hydroxylation is 1. The van der Waals surface area contributed by atoms with Gasteiger partial charge in [-0.15, -0.1) is 6.42 Å². The molecule has 1 aromatic rings. The molecule has 1 fully saturated rings. The maximum absolute atomic E-state index is 11.8. The van der Waals surface area contributed by atoms with Crippen LogP contribution in [0.5, 0.6) is 5.75 Å². The molecule has 33 heavy (non-hydrogen) atoms. The Labute approximate surface area is 191 Å². The molecule has 0 aromatic heterocycles. The lowest BCUT2D eigenvalue weighted by atomic mass is 9.98. The third-order valence-corrected chi connectivity index (χ3v) is 4.53. The predicted octanol–water partition coefficient (Wildman–Crippen LogP) is 1.44. The van der Waals surface area contributed by atoms with Crippen molar-refractivity contribution in [1.82, 2.24) is 0 Å². The van der Waals surface area contributed by atoms with Gasteiger partial charge in [0.2, 0.25) is 12.4 Å². The van der Waals surface area contributed by atoms with Crippen molar-refractivity contribution in [3.8, 4) is 18.1 Å². The molecule has 5 unspecified atom stereocenters. The zero-order valence-corrected chi connectivity index (χ0v) is 19.0. The molecule has 1 aromatic carbocycles. The van der Waals surface area contributed by atoms with Gasteiger partial charge in [0.1, 0.15) is 18.5 Å². The fourth-order valence-electron chi connectivity index (χ4n) is 3.28. The van der Waals surface area contributed by atoms with Gasteiger partial charge in [-0.25, -0.2) is 0 Å². The topological polar surface area (TPSA) is 124 Å². The number of benzene rings is 1. The second kappa shape index (κ2) is 11.3. The van der Waals surface area contributed by atoms with Crippen molar-refractivity contribution in [2.24, 2.45) is 0 Å². The first-order chi connectivity index (χ1) is 15.5. The summed E-state index contributed by atoms with van der Waals surface area (Å²) in [6, 6.07) is 4.97. The summed E-state index contributed by atoms with van der Waals surface area (Å²) in [5.74, 6) is 0.106. The Balaban J connectivity index is 2.48. The van der Waals surface area contributed by atoms with Gasteiger partial charge in [-0.1, -0.05) is 5.92 Å². The number of carbonyl (C=O) groups excluding carboxylic acids is 4. The van der Waals surface area contributed by atoms with Crippen LogP contribution in [0.25, 0.3) is 0 Å². The van der Waals surface area contributed by atoms with E-state index in [1.165, 1.54) is 6.92 Å². The van der Waals surface area contributed by atoms with E-state index in [1.807, 2.05) is 0 Å². The largest absolute Gasteiger partial charge is 0.463 e. The van der Waals surface area contributed by atoms with Gasteiger partial charge in [0, 0.05) is 33.3 Å². The van der Waals surface area contributed by atoms with E-state index in [-0.39, 0.29) is 6.61 Å². The summed E-state index contributed by atoms with van der Waals surface area (Å²) in [5, 5.41) is 0. The molecule has 0 aliphatic carbocycles. The van der Waals surface area contributed by atoms with Gasteiger partial charge >= 0.3 is 23.9 Å². The third kappa shape index (κ3) is 7.22. The van der Waals surface area contributed by atoms with E-state index < -0.39 is 54.6 Å². The smallest absolute Gasteiger partial charge is 0.303 e. The number of carbonyl (C=O) groups is 4. The molecular weight excluding hydrogens is 436 g/mol. The number of terminal acetylenes is 1. The Morgan fingerprint density at radius 1 is 0.909 bits per heavy atom. The Morgan fingerprint density at radius 3 is 2.00 bits per heavy atom. The summed E-state index contributed by atoms with van der Waals surface area (Å²) >= 11 is 0. The Morgan fingerprint density at radius 2 is 1.48 bits per heavy atom. The van der Waals surface area contributed by atoms with Crippen molar-refractivity contribution >= 4 is 23.9 Å². The number of esters is 4. The minimum absolute atomic E-state index is 0.341. The summed E-state index contributed by atoms with van der Waals surface area (Å²) in [6.45, 7) is 6.05. The fourth-order valence-corrected chi connectivity index (χ4v) is 3.28. The maximum atomic E-state index is 11.8. The van der Waals surface area contributed by atoms with Crippen molar-refractivity contribution in [2.75, 3.05) is 6.61 Å². The van der Waals surface area contributed by atoms with E-state index in [0.717, 1.165) is 20.8 Å². The van der Waals surface area contributed by atoms with Crippen LogP contribution >= 0.6 is 0 Å². The normalized spacial score (nSPS) is 24.1. The average Bonchev–Trinajstić information content (AvgIpc) is 2.71. The minimum atomic E-state index is -1.31. The zero-order valence-electron chi connectivity index (χ0n) is 19.0. The van der Waals surface area contributed by atoms with E-state index in [1.54, 1.807) is 25.1 Å². The highest BCUT2D eigenvalue weighted by Gasteiger charge is 2.53. The molecular formula is C23H26O10. The van der Waals surface area contributed by atoms with Crippen LogP contribution in [-0.2, 0) is 42.9 Å². The SMILES string of the molecule is C#Cc1ccc(OC2OC(COC(C)=O)C(OC(C)=O)C(OC(C)=O)C2OC(C)=O)c(C)c1. The second-order valence-electron chi connectivity index (χ2n) is 7.31. The van der Waals surface area contributed by atoms with Crippen LogP contribution in [0.2, 0.25) is 0 Å². The summed E-state index contributed by atoms with van der Waals surface area (Å²) in [7, 11) is 0. The predicted molar refractivity (Wildman–Crippen MR) is 112 cm³/mol. The molecule has 2 rings (SSSR count).